The topological polar surface area (TPSA) is 142 Å². The third kappa shape index (κ3) is 10.9. The van der Waals surface area contributed by atoms with Crippen LogP contribution in [-0.2, 0) is 66.6 Å². The normalized spacial score (nSPS) is 13.2. The summed E-state index contributed by atoms with van der Waals surface area (Å²) in [6, 6.07) is 13.4. The van der Waals surface area contributed by atoms with Gasteiger partial charge in [-0.1, -0.05) is 184 Å². The first-order chi connectivity index (χ1) is 25.2. The summed E-state index contributed by atoms with van der Waals surface area (Å²) in [5.74, 6) is -1.19. The van der Waals surface area contributed by atoms with E-state index in [2.05, 4.69) is 104 Å². The molecule has 4 rings (SSSR count). The first-order valence-electron chi connectivity index (χ1n) is 19.5. The molecule has 0 unspecified atom stereocenters. The van der Waals surface area contributed by atoms with Crippen molar-refractivity contribution >= 4 is 22.7 Å². The average molecular weight is 886 g/mol. The zero-order valence-corrected chi connectivity index (χ0v) is 39.5. The van der Waals surface area contributed by atoms with Crippen molar-refractivity contribution < 1.29 is 54.6 Å². The van der Waals surface area contributed by atoms with Gasteiger partial charge in [-0.25, -0.2) is 0 Å². The van der Waals surface area contributed by atoms with Crippen molar-refractivity contribution in [2.75, 3.05) is 0 Å². The molecule has 0 aliphatic carbocycles. The molecule has 2 radical (unpaired) electrons. The molecule has 4 aromatic carbocycles. The average Bonchev–Trinajstić information content (AvgIpc) is 3.00. The second-order valence-corrected chi connectivity index (χ2v) is 21.3. The Morgan fingerprint density at radius 3 is 0.845 bits per heavy atom. The molecule has 0 bridgehead atoms. The predicted octanol–water partition coefficient (Wildman–Crippen LogP) is 12.3. The molecule has 8 nitrogen and oxygen atoms in total. The number of azo groups is 2. The maximum Gasteiger partial charge on any atom is 2.00 e. The van der Waals surface area contributed by atoms with Crippen LogP contribution in [0.5, 0.6) is 23.0 Å². The molecule has 0 heterocycles. The van der Waals surface area contributed by atoms with Crippen molar-refractivity contribution in [3.63, 3.8) is 0 Å². The van der Waals surface area contributed by atoms with E-state index in [1.807, 2.05) is 53.7 Å². The molecule has 58 heavy (non-hydrogen) atoms. The molecule has 10 heteroatoms. The molecule has 0 aromatic heterocycles. The van der Waals surface area contributed by atoms with Gasteiger partial charge in [-0.3, -0.25) is 0 Å². The van der Waals surface area contributed by atoms with E-state index in [1.54, 1.807) is 24.3 Å². The molecular weight excluding hydrogens is 824 g/mol. The summed E-state index contributed by atoms with van der Waals surface area (Å²) in [7, 11) is 0. The van der Waals surface area contributed by atoms with E-state index in [9.17, 15) is 20.4 Å². The second-order valence-electron chi connectivity index (χ2n) is 21.3. The second kappa shape index (κ2) is 17.1. The van der Waals surface area contributed by atoms with E-state index >= 15 is 0 Å². The molecule has 0 aliphatic rings. The van der Waals surface area contributed by atoms with Crippen LogP contribution in [0.2, 0.25) is 0 Å². The van der Waals surface area contributed by atoms with Gasteiger partial charge in [0.25, 0.3) is 0 Å². The van der Waals surface area contributed by atoms with Gasteiger partial charge in [0.05, 0.1) is 22.7 Å². The van der Waals surface area contributed by atoms with Crippen LogP contribution < -0.4 is 20.4 Å². The van der Waals surface area contributed by atoms with E-state index in [0.29, 0.717) is 22.3 Å². The zero-order chi connectivity index (χ0) is 42.7. The minimum Gasteiger partial charge on any atom is -0.871 e. The summed E-state index contributed by atoms with van der Waals surface area (Å²) in [4.78, 5) is 0. The van der Waals surface area contributed by atoms with Crippen LogP contribution in [0.4, 0.5) is 22.7 Å². The van der Waals surface area contributed by atoms with Crippen LogP contribution in [0.25, 0.3) is 11.1 Å². The van der Waals surface area contributed by atoms with Gasteiger partial charge in [-0.05, 0) is 89.1 Å². The quantitative estimate of drug-likeness (QED) is 0.145. The molecule has 0 fully saturated rings. The Hall–Kier alpha value is -3.68. The number of hydrogen-bond donors (Lipinski definition) is 0. The summed E-state index contributed by atoms with van der Waals surface area (Å²) in [5.41, 5.74) is 4.41. The number of nitrogens with zero attached hydrogens (tertiary/aromatic N) is 4. The van der Waals surface area contributed by atoms with Crippen molar-refractivity contribution in [1.29, 1.82) is 0 Å². The van der Waals surface area contributed by atoms with Crippen LogP contribution in [0, 0.1) is 0 Å². The summed E-state index contributed by atoms with van der Waals surface area (Å²) in [6.07, 6.45) is 0. The van der Waals surface area contributed by atoms with Gasteiger partial charge < -0.3 is 20.4 Å². The number of rotatable bonds is 5. The number of benzene rings is 4. The molecule has 0 spiro atoms. The maximum absolute atomic E-state index is 14.0. The third-order valence-electron chi connectivity index (χ3n) is 10.0. The van der Waals surface area contributed by atoms with Gasteiger partial charge in [0.1, 0.15) is 0 Å². The summed E-state index contributed by atoms with van der Waals surface area (Å²) >= 11 is 0. The van der Waals surface area contributed by atoms with Crippen molar-refractivity contribution in [3.8, 4) is 34.1 Å². The molecular formula is C48H62Cu2N4O4. The fourth-order valence-electron chi connectivity index (χ4n) is 7.07. The Bertz CT molecular complexity index is 2040. The van der Waals surface area contributed by atoms with Crippen LogP contribution >= 0.6 is 0 Å². The zero-order valence-electron chi connectivity index (χ0n) is 37.6. The van der Waals surface area contributed by atoms with Crippen molar-refractivity contribution in [1.82, 2.24) is 0 Å². The molecule has 4 aromatic rings. The fourth-order valence-corrected chi connectivity index (χ4v) is 7.07. The largest absolute Gasteiger partial charge is 2.00 e. The SMILES string of the molecule is CC(C)(C)c1cc(C(C)(C)C)c(C(C)(C)C)c(N=Nc2ccc(-c3ccc(N=Nc4c([O-])c(C(C)(C)C)cc(C(C)(C)C)c4C(C)(C)C)c([O-])c3)cc2[O-])c1[O-].[Cu+2].[Cu+2]. The van der Waals surface area contributed by atoms with Crippen LogP contribution in [-0.4, -0.2) is 0 Å². The molecule has 0 N–H and O–H groups in total. The standard InChI is InChI=1S/C48H66N4O4.2Cu/c1-43(2,3)29-25-31(45(7,8)9)41(55)39(37(29)47(13,14)15)51-49-33-21-19-27(23-35(33)53)28-20-22-34(36(54)24-28)50-52-40-38(48(16,17)18)30(44(4,5)6)26-32(42(40)56)46(10,11)12;;/h19-26,53-56H,1-18H3;;/q;2*+2/p-4. The van der Waals surface area contributed by atoms with Crippen molar-refractivity contribution in [2.45, 2.75) is 157 Å². The molecule has 0 atom stereocenters. The van der Waals surface area contributed by atoms with Crippen LogP contribution in [0.1, 0.15) is 158 Å². The van der Waals surface area contributed by atoms with Gasteiger partial charge in [-0.2, -0.15) is 20.5 Å². The van der Waals surface area contributed by atoms with Gasteiger partial charge in [0.2, 0.25) is 0 Å². The van der Waals surface area contributed by atoms with Crippen molar-refractivity contribution in [3.05, 3.63) is 81.9 Å². The van der Waals surface area contributed by atoms with E-state index in [0.717, 1.165) is 22.3 Å². The molecule has 320 valence electrons. The Morgan fingerprint density at radius 2 is 0.621 bits per heavy atom. The Balaban J connectivity index is 0.00000580. The van der Waals surface area contributed by atoms with Crippen LogP contribution in [0.3, 0.4) is 0 Å². The van der Waals surface area contributed by atoms with Gasteiger partial charge in [-0.15, -0.1) is 0 Å². The minimum absolute atomic E-state index is 0. The molecule has 0 aliphatic heterocycles. The summed E-state index contributed by atoms with van der Waals surface area (Å²) in [5, 5.41) is 72.6. The third-order valence-corrected chi connectivity index (χ3v) is 10.0. The van der Waals surface area contributed by atoms with E-state index in [4.69, 9.17) is 0 Å². The maximum atomic E-state index is 14.0. The monoisotopic (exact) mass is 884 g/mol. The number of hydrogen-bond acceptors (Lipinski definition) is 8. The molecule has 0 saturated carbocycles. The van der Waals surface area contributed by atoms with Crippen molar-refractivity contribution in [2.24, 2.45) is 20.5 Å². The Labute approximate surface area is 369 Å². The van der Waals surface area contributed by atoms with Gasteiger partial charge in [0.15, 0.2) is 0 Å². The first-order valence-corrected chi connectivity index (χ1v) is 19.5. The van der Waals surface area contributed by atoms with Gasteiger partial charge >= 0.3 is 34.1 Å². The van der Waals surface area contributed by atoms with Gasteiger partial charge in [0, 0.05) is 0 Å². The van der Waals surface area contributed by atoms with Crippen LogP contribution in [0.15, 0.2) is 69.0 Å². The smallest absolute Gasteiger partial charge is 0.871 e. The first kappa shape index (κ1) is 50.5. The predicted molar refractivity (Wildman–Crippen MR) is 223 cm³/mol. The van der Waals surface area contributed by atoms with E-state index < -0.39 is 33.2 Å². The summed E-state index contributed by atoms with van der Waals surface area (Å²) in [6.45, 7) is 37.0. The summed E-state index contributed by atoms with van der Waals surface area (Å²) < 4.78 is 0. The molecule has 0 amide bonds. The minimum atomic E-state index is -0.429. The fraction of sp³-hybridized carbons (Fsp3) is 0.500. The van der Waals surface area contributed by atoms with E-state index in [1.165, 1.54) is 12.1 Å². The van der Waals surface area contributed by atoms with E-state index in [-0.39, 0.29) is 79.2 Å². The Morgan fingerprint density at radius 1 is 0.345 bits per heavy atom. The Kier molecular flexibility index (Phi) is 14.9. The molecule has 0 saturated heterocycles.